The molecule has 4 rings (SSSR count). The van der Waals surface area contributed by atoms with Crippen LogP contribution >= 0.6 is 0 Å². The number of fused-ring (bicyclic) bond motifs is 1. The van der Waals surface area contributed by atoms with E-state index in [0.717, 1.165) is 34.7 Å². The number of rotatable bonds is 5. The maximum Gasteiger partial charge on any atom is 0.227 e. The number of anilines is 1. The highest BCUT2D eigenvalue weighted by Crippen LogP contribution is 2.34. The summed E-state index contributed by atoms with van der Waals surface area (Å²) in [6.45, 7) is 6.14. The number of methoxy groups -OCH3 is 1. The summed E-state index contributed by atoms with van der Waals surface area (Å²) in [4.78, 5) is 19.6. The second-order valence-electron chi connectivity index (χ2n) is 7.30. The van der Waals surface area contributed by atoms with Crippen molar-refractivity contribution in [1.82, 2.24) is 9.55 Å². The van der Waals surface area contributed by atoms with E-state index in [4.69, 9.17) is 9.72 Å². The van der Waals surface area contributed by atoms with E-state index in [1.807, 2.05) is 23.1 Å². The van der Waals surface area contributed by atoms with Crippen LogP contribution < -0.4 is 4.90 Å². The molecule has 1 amide bonds. The standard InChI is InChI=1S/C22H25N3O2/c1-15-8-9-16(2)20(12-15)25-14-17(13-21(25)26)22-23-18-6-4-5-7-19(18)24(22)10-11-27-3/h4-9,12,17H,10-11,13-14H2,1-3H3/t17-/m0/s1. The number of para-hydroxylation sites is 2. The lowest BCUT2D eigenvalue weighted by atomic mass is 10.1. The van der Waals surface area contributed by atoms with Crippen LogP contribution in [0.2, 0.25) is 0 Å². The maximum atomic E-state index is 12.8. The van der Waals surface area contributed by atoms with E-state index in [2.05, 4.69) is 42.7 Å². The predicted octanol–water partition coefficient (Wildman–Crippen LogP) is 3.82. The van der Waals surface area contributed by atoms with Crippen molar-refractivity contribution in [3.8, 4) is 0 Å². The Kier molecular flexibility index (Phi) is 4.70. The Bertz CT molecular complexity index is 992. The molecular weight excluding hydrogens is 338 g/mol. The maximum absolute atomic E-state index is 12.8. The minimum atomic E-state index is 0.0849. The number of hydrogen-bond donors (Lipinski definition) is 0. The van der Waals surface area contributed by atoms with Crippen molar-refractivity contribution in [1.29, 1.82) is 0 Å². The molecule has 5 nitrogen and oxygen atoms in total. The minimum absolute atomic E-state index is 0.0849. The van der Waals surface area contributed by atoms with Gasteiger partial charge in [0, 0.05) is 38.2 Å². The number of benzene rings is 2. The van der Waals surface area contributed by atoms with E-state index in [1.165, 1.54) is 5.56 Å². The van der Waals surface area contributed by atoms with Crippen molar-refractivity contribution in [2.75, 3.05) is 25.2 Å². The second kappa shape index (κ2) is 7.16. The highest BCUT2D eigenvalue weighted by molar-refractivity contribution is 5.97. The summed E-state index contributed by atoms with van der Waals surface area (Å²) in [6, 6.07) is 14.4. The Morgan fingerprint density at radius 2 is 2.00 bits per heavy atom. The quantitative estimate of drug-likeness (QED) is 0.692. The number of hydrogen-bond acceptors (Lipinski definition) is 3. The first kappa shape index (κ1) is 17.7. The van der Waals surface area contributed by atoms with Gasteiger partial charge in [0.2, 0.25) is 5.91 Å². The molecule has 1 aliphatic heterocycles. The first-order valence-electron chi connectivity index (χ1n) is 9.40. The van der Waals surface area contributed by atoms with E-state index in [-0.39, 0.29) is 11.8 Å². The molecule has 0 saturated carbocycles. The van der Waals surface area contributed by atoms with Gasteiger partial charge in [-0.25, -0.2) is 4.98 Å². The van der Waals surface area contributed by atoms with Crippen LogP contribution in [-0.4, -0.2) is 35.7 Å². The van der Waals surface area contributed by atoms with Crippen LogP contribution in [0.3, 0.4) is 0 Å². The molecule has 1 saturated heterocycles. The predicted molar refractivity (Wildman–Crippen MR) is 107 cm³/mol. The second-order valence-corrected chi connectivity index (χ2v) is 7.30. The largest absolute Gasteiger partial charge is 0.383 e. The van der Waals surface area contributed by atoms with Gasteiger partial charge in [-0.1, -0.05) is 24.3 Å². The highest BCUT2D eigenvalue weighted by atomic mass is 16.5. The molecule has 140 valence electrons. The van der Waals surface area contributed by atoms with Crippen LogP contribution in [0, 0.1) is 13.8 Å². The number of nitrogens with zero attached hydrogens (tertiary/aromatic N) is 3. The van der Waals surface area contributed by atoms with Crippen LogP contribution in [0.4, 0.5) is 5.69 Å². The van der Waals surface area contributed by atoms with Crippen molar-refractivity contribution in [2.45, 2.75) is 32.7 Å². The smallest absolute Gasteiger partial charge is 0.227 e. The molecule has 0 radical (unpaired) electrons. The van der Waals surface area contributed by atoms with Gasteiger partial charge in [0.25, 0.3) is 0 Å². The van der Waals surface area contributed by atoms with E-state index in [1.54, 1.807) is 7.11 Å². The fourth-order valence-corrected chi connectivity index (χ4v) is 3.95. The van der Waals surface area contributed by atoms with Crippen LogP contribution in [0.15, 0.2) is 42.5 Å². The molecule has 1 aromatic heterocycles. The molecule has 0 spiro atoms. The first-order valence-corrected chi connectivity index (χ1v) is 9.40. The monoisotopic (exact) mass is 363 g/mol. The topological polar surface area (TPSA) is 47.4 Å². The number of carbonyl (C=O) groups is 1. The molecule has 2 aromatic carbocycles. The van der Waals surface area contributed by atoms with Gasteiger partial charge in [-0.2, -0.15) is 0 Å². The zero-order valence-electron chi connectivity index (χ0n) is 16.1. The van der Waals surface area contributed by atoms with Crippen LogP contribution in [0.25, 0.3) is 11.0 Å². The first-order chi connectivity index (χ1) is 13.1. The third-order valence-electron chi connectivity index (χ3n) is 5.35. The fraction of sp³-hybridized carbons (Fsp3) is 0.364. The zero-order valence-corrected chi connectivity index (χ0v) is 16.1. The van der Waals surface area contributed by atoms with Crippen molar-refractivity contribution < 1.29 is 9.53 Å². The number of carbonyl (C=O) groups excluding carboxylic acids is 1. The van der Waals surface area contributed by atoms with Crippen molar-refractivity contribution in [3.63, 3.8) is 0 Å². The third-order valence-corrected chi connectivity index (χ3v) is 5.35. The highest BCUT2D eigenvalue weighted by Gasteiger charge is 2.35. The molecule has 0 aliphatic carbocycles. The number of aryl methyl sites for hydroxylation is 2. The lowest BCUT2D eigenvalue weighted by Crippen LogP contribution is -2.25. The van der Waals surface area contributed by atoms with Crippen molar-refractivity contribution in [2.24, 2.45) is 0 Å². The van der Waals surface area contributed by atoms with Gasteiger partial charge in [0.1, 0.15) is 5.82 Å². The van der Waals surface area contributed by atoms with E-state index in [0.29, 0.717) is 19.6 Å². The third kappa shape index (κ3) is 3.23. The summed E-state index contributed by atoms with van der Waals surface area (Å²) in [6.07, 6.45) is 0.490. The summed E-state index contributed by atoms with van der Waals surface area (Å²) in [5, 5.41) is 0. The van der Waals surface area contributed by atoms with E-state index in [9.17, 15) is 4.79 Å². The van der Waals surface area contributed by atoms with Gasteiger partial charge in [-0.05, 0) is 43.2 Å². The number of ether oxygens (including phenoxy) is 1. The summed E-state index contributed by atoms with van der Waals surface area (Å²) in [5.41, 5.74) is 5.38. The molecule has 0 bridgehead atoms. The summed E-state index contributed by atoms with van der Waals surface area (Å²) in [5.74, 6) is 1.23. The summed E-state index contributed by atoms with van der Waals surface area (Å²) < 4.78 is 7.51. The van der Waals surface area contributed by atoms with Gasteiger partial charge in [-0.15, -0.1) is 0 Å². The molecule has 3 aromatic rings. The van der Waals surface area contributed by atoms with Crippen LogP contribution in [0.1, 0.15) is 29.3 Å². The van der Waals surface area contributed by atoms with Gasteiger partial charge in [0.05, 0.1) is 17.6 Å². The molecule has 5 heteroatoms. The minimum Gasteiger partial charge on any atom is -0.383 e. The lowest BCUT2D eigenvalue weighted by molar-refractivity contribution is -0.117. The number of aromatic nitrogens is 2. The lowest BCUT2D eigenvalue weighted by Gasteiger charge is -2.20. The number of amides is 1. The Labute approximate surface area is 159 Å². The van der Waals surface area contributed by atoms with Crippen LogP contribution in [0.5, 0.6) is 0 Å². The Morgan fingerprint density at radius 3 is 2.81 bits per heavy atom. The van der Waals surface area contributed by atoms with Gasteiger partial charge < -0.3 is 14.2 Å². The molecule has 1 aliphatic rings. The average Bonchev–Trinajstić information content (AvgIpc) is 3.22. The normalized spacial score (nSPS) is 17.2. The van der Waals surface area contributed by atoms with Gasteiger partial charge >= 0.3 is 0 Å². The Balaban J connectivity index is 1.70. The molecule has 1 fully saturated rings. The van der Waals surface area contributed by atoms with E-state index >= 15 is 0 Å². The molecule has 27 heavy (non-hydrogen) atoms. The SMILES string of the molecule is COCCn1c([C@H]2CC(=O)N(c3cc(C)ccc3C)C2)nc2ccccc21. The van der Waals surface area contributed by atoms with Gasteiger partial charge in [0.15, 0.2) is 0 Å². The van der Waals surface area contributed by atoms with Crippen molar-refractivity contribution >= 4 is 22.6 Å². The molecule has 2 heterocycles. The molecular formula is C22H25N3O2. The van der Waals surface area contributed by atoms with Gasteiger partial charge in [-0.3, -0.25) is 4.79 Å². The number of imidazole rings is 1. The van der Waals surface area contributed by atoms with E-state index < -0.39 is 0 Å². The molecule has 0 N–H and O–H groups in total. The average molecular weight is 363 g/mol. The molecule has 1 atom stereocenters. The Morgan fingerprint density at radius 1 is 1.19 bits per heavy atom. The summed E-state index contributed by atoms with van der Waals surface area (Å²) >= 11 is 0. The fourth-order valence-electron chi connectivity index (χ4n) is 3.95. The molecule has 0 unspecified atom stereocenters. The van der Waals surface area contributed by atoms with Crippen molar-refractivity contribution in [3.05, 3.63) is 59.4 Å². The zero-order chi connectivity index (χ0) is 19.0. The van der Waals surface area contributed by atoms with Crippen LogP contribution in [-0.2, 0) is 16.1 Å². The Hall–Kier alpha value is -2.66. The summed E-state index contributed by atoms with van der Waals surface area (Å²) in [7, 11) is 1.71.